The van der Waals surface area contributed by atoms with Crippen molar-refractivity contribution < 1.29 is 17.9 Å². The summed E-state index contributed by atoms with van der Waals surface area (Å²) in [5, 5.41) is 0. The van der Waals surface area contributed by atoms with Gasteiger partial charge in [-0.2, -0.15) is 0 Å². The summed E-state index contributed by atoms with van der Waals surface area (Å²) in [6.45, 7) is -0.150. The molecule has 5 heteroatoms. The third-order valence-corrected chi connectivity index (χ3v) is 0.768. The van der Waals surface area contributed by atoms with E-state index >= 15 is 0 Å². The van der Waals surface area contributed by atoms with Gasteiger partial charge in [-0.25, -0.2) is 13.3 Å². The first-order chi connectivity index (χ1) is 3.77. The number of alkyl halides is 2. The van der Waals surface area contributed by atoms with Gasteiger partial charge in [-0.05, 0) is 0 Å². The lowest BCUT2D eigenvalue weighted by Crippen LogP contribution is -1.94. The highest BCUT2D eigenvalue weighted by molar-refractivity contribution is 7.17. The van der Waals surface area contributed by atoms with Crippen LogP contribution in [0.5, 0.6) is 0 Å². The summed E-state index contributed by atoms with van der Waals surface area (Å²) in [5.41, 5.74) is 0. The first kappa shape index (κ1) is 7.92. The van der Waals surface area contributed by atoms with Crippen molar-refractivity contribution >= 4 is 8.69 Å². The van der Waals surface area contributed by atoms with Gasteiger partial charge in [0.2, 0.25) is 6.43 Å². The summed E-state index contributed by atoms with van der Waals surface area (Å²) in [6.07, 6.45) is -2.72. The molecule has 0 N–H and O–H groups in total. The van der Waals surface area contributed by atoms with Crippen LogP contribution < -0.4 is 0 Å². The summed E-state index contributed by atoms with van der Waals surface area (Å²) in [7, 11) is -0.533. The molecule has 0 aliphatic rings. The lowest BCUT2D eigenvalue weighted by molar-refractivity contribution is 0.117. The van der Waals surface area contributed by atoms with Crippen LogP contribution in [-0.4, -0.2) is 13.0 Å². The molecule has 0 fully saturated rings. The molecular formula is C3H5F2O2P. The molecule has 0 aromatic heterocycles. The van der Waals surface area contributed by atoms with Crippen molar-refractivity contribution in [2.24, 2.45) is 0 Å². The van der Waals surface area contributed by atoms with E-state index in [2.05, 4.69) is 4.52 Å². The largest absolute Gasteiger partial charge is 0.327 e. The van der Waals surface area contributed by atoms with Crippen LogP contribution in [0.4, 0.5) is 8.78 Å². The monoisotopic (exact) mass is 142 g/mol. The van der Waals surface area contributed by atoms with Crippen molar-refractivity contribution in [1.29, 1.82) is 0 Å². The first-order valence-corrected chi connectivity index (χ1v) is 2.73. The van der Waals surface area contributed by atoms with Gasteiger partial charge in [-0.15, -0.1) is 0 Å². The minimum Gasteiger partial charge on any atom is -0.294 e. The quantitative estimate of drug-likeness (QED) is 0.442. The van der Waals surface area contributed by atoms with Crippen LogP contribution in [0.3, 0.4) is 0 Å². The van der Waals surface area contributed by atoms with Gasteiger partial charge in [0.15, 0.2) is 0 Å². The zero-order chi connectivity index (χ0) is 6.41. The van der Waals surface area contributed by atoms with Crippen LogP contribution in [0.2, 0.25) is 0 Å². The van der Waals surface area contributed by atoms with Crippen LogP contribution in [0.1, 0.15) is 6.42 Å². The zero-order valence-electron chi connectivity index (χ0n) is 4.01. The molecule has 0 aromatic carbocycles. The molecule has 0 heterocycles. The highest BCUT2D eigenvalue weighted by Gasteiger charge is 1.99. The number of hydrogen-bond donors (Lipinski definition) is 0. The summed E-state index contributed by atoms with van der Waals surface area (Å²) in [6, 6.07) is 0. The molecule has 0 atom stereocenters. The van der Waals surface area contributed by atoms with Crippen molar-refractivity contribution in [3.8, 4) is 0 Å². The molecular weight excluding hydrogens is 137 g/mol. The Morgan fingerprint density at radius 1 is 1.62 bits per heavy atom. The second-order valence-corrected chi connectivity index (χ2v) is 1.49. The average Bonchev–Trinajstić information content (AvgIpc) is 1.66. The molecule has 0 aliphatic carbocycles. The van der Waals surface area contributed by atoms with Gasteiger partial charge in [0.05, 0.1) is 6.61 Å². The Morgan fingerprint density at radius 3 is 2.62 bits per heavy atom. The van der Waals surface area contributed by atoms with Gasteiger partial charge >= 0.3 is 8.69 Å². The lowest BCUT2D eigenvalue weighted by Gasteiger charge is -1.91. The van der Waals surface area contributed by atoms with E-state index in [-0.39, 0.29) is 13.0 Å². The molecule has 0 aliphatic heterocycles. The van der Waals surface area contributed by atoms with Crippen LogP contribution in [0.15, 0.2) is 0 Å². The fourth-order valence-electron chi connectivity index (χ4n) is 0.179. The molecule has 0 saturated heterocycles. The number of halogens is 2. The Hall–Kier alpha value is -0.0800. The SMILES string of the molecule is O=POCCC(F)F. The van der Waals surface area contributed by atoms with E-state index in [0.29, 0.717) is 0 Å². The van der Waals surface area contributed by atoms with Crippen LogP contribution in [-0.2, 0) is 9.09 Å². The molecule has 48 valence electrons. The fraction of sp³-hybridized carbons (Fsp3) is 1.00. The molecule has 8 heavy (non-hydrogen) atoms. The van der Waals surface area contributed by atoms with Crippen molar-refractivity contribution in [2.75, 3.05) is 6.61 Å². The predicted molar refractivity (Wildman–Crippen MR) is 24.2 cm³/mol. The predicted octanol–water partition coefficient (Wildman–Crippen LogP) is 1.86. The van der Waals surface area contributed by atoms with Crippen LogP contribution in [0, 0.1) is 0 Å². The summed E-state index contributed by atoms with van der Waals surface area (Å²) >= 11 is 0. The van der Waals surface area contributed by atoms with E-state index in [1.807, 2.05) is 0 Å². The van der Waals surface area contributed by atoms with Crippen molar-refractivity contribution in [2.45, 2.75) is 12.8 Å². The van der Waals surface area contributed by atoms with E-state index in [1.165, 1.54) is 0 Å². The third kappa shape index (κ3) is 5.92. The minimum atomic E-state index is -2.36. The molecule has 0 saturated carbocycles. The maximum atomic E-state index is 11.2. The van der Waals surface area contributed by atoms with Gasteiger partial charge in [-0.3, -0.25) is 4.52 Å². The van der Waals surface area contributed by atoms with Crippen LogP contribution >= 0.6 is 8.69 Å². The molecule has 0 bridgehead atoms. The fourth-order valence-corrected chi connectivity index (χ4v) is 0.359. The molecule has 2 nitrogen and oxygen atoms in total. The van der Waals surface area contributed by atoms with Gasteiger partial charge < -0.3 is 0 Å². The first-order valence-electron chi connectivity index (χ1n) is 2.00. The van der Waals surface area contributed by atoms with E-state index in [4.69, 9.17) is 0 Å². The molecule has 0 radical (unpaired) electrons. The van der Waals surface area contributed by atoms with Gasteiger partial charge in [0.1, 0.15) is 0 Å². The molecule has 0 rings (SSSR count). The van der Waals surface area contributed by atoms with Crippen molar-refractivity contribution in [3.05, 3.63) is 0 Å². The topological polar surface area (TPSA) is 26.3 Å². The summed E-state index contributed by atoms with van der Waals surface area (Å²) in [4.78, 5) is 0. The van der Waals surface area contributed by atoms with E-state index in [1.54, 1.807) is 0 Å². The number of hydrogen-bond acceptors (Lipinski definition) is 2. The third-order valence-electron chi connectivity index (χ3n) is 0.480. The van der Waals surface area contributed by atoms with Gasteiger partial charge in [-0.1, -0.05) is 0 Å². The Bertz CT molecular complexity index is 68.3. The maximum Gasteiger partial charge on any atom is 0.327 e. The normalized spacial score (nSPS) is 10.9. The maximum absolute atomic E-state index is 11.2. The van der Waals surface area contributed by atoms with Crippen molar-refractivity contribution in [1.82, 2.24) is 0 Å². The average molecular weight is 142 g/mol. The van der Waals surface area contributed by atoms with E-state index < -0.39 is 15.1 Å². The van der Waals surface area contributed by atoms with E-state index in [9.17, 15) is 13.3 Å². The zero-order valence-corrected chi connectivity index (χ0v) is 4.91. The van der Waals surface area contributed by atoms with Crippen LogP contribution in [0.25, 0.3) is 0 Å². The highest BCUT2D eigenvalue weighted by Crippen LogP contribution is 2.02. The summed E-state index contributed by atoms with van der Waals surface area (Å²) in [5.74, 6) is 0. The lowest BCUT2D eigenvalue weighted by atomic mass is 10.5. The Balaban J connectivity index is 2.81. The minimum absolute atomic E-state index is 0.150. The van der Waals surface area contributed by atoms with Gasteiger partial charge in [0, 0.05) is 6.42 Å². The molecule has 0 spiro atoms. The summed E-state index contributed by atoms with van der Waals surface area (Å²) < 4.78 is 35.8. The highest BCUT2D eigenvalue weighted by atomic mass is 31.1. The standard InChI is InChI=1S/C3H5F2O2P/c4-3(5)1-2-7-8-6/h3H,1-2H2. The van der Waals surface area contributed by atoms with E-state index in [0.717, 1.165) is 0 Å². The second-order valence-electron chi connectivity index (χ2n) is 1.09. The molecule has 0 unspecified atom stereocenters. The Kier molecular flexibility index (Phi) is 5.01. The molecule has 0 aromatic rings. The smallest absolute Gasteiger partial charge is 0.294 e. The second kappa shape index (κ2) is 5.06. The Labute approximate surface area is 47.1 Å². The number of rotatable bonds is 4. The Morgan fingerprint density at radius 2 is 2.25 bits per heavy atom. The van der Waals surface area contributed by atoms with Gasteiger partial charge in [0.25, 0.3) is 0 Å². The molecule has 0 amide bonds. The van der Waals surface area contributed by atoms with Crippen molar-refractivity contribution in [3.63, 3.8) is 0 Å².